The average molecular weight is 448 g/mol. The first-order chi connectivity index (χ1) is 15.1. The van der Waals surface area contributed by atoms with Gasteiger partial charge in [-0.05, 0) is 65.2 Å². The summed E-state index contributed by atoms with van der Waals surface area (Å²) in [5.41, 5.74) is 4.40. The van der Waals surface area contributed by atoms with Crippen molar-refractivity contribution in [3.05, 3.63) is 83.9 Å². The van der Waals surface area contributed by atoms with E-state index in [2.05, 4.69) is 63.4 Å². The molecule has 3 rings (SSSR count). The van der Waals surface area contributed by atoms with Crippen LogP contribution in [0.2, 0.25) is 18.1 Å². The topological polar surface area (TPSA) is 47.6 Å². The summed E-state index contributed by atoms with van der Waals surface area (Å²) in [6.07, 6.45) is 0. The van der Waals surface area contributed by atoms with Crippen molar-refractivity contribution in [2.24, 2.45) is 0 Å². The Kier molecular flexibility index (Phi) is 7.21. The third-order valence-corrected chi connectivity index (χ3v) is 10.7. The predicted molar refractivity (Wildman–Crippen MR) is 135 cm³/mol. The second-order valence-corrected chi connectivity index (χ2v) is 14.3. The highest BCUT2D eigenvalue weighted by Crippen LogP contribution is 2.37. The van der Waals surface area contributed by atoms with Crippen molar-refractivity contribution in [2.75, 3.05) is 12.4 Å². The number of hydrogen-bond acceptors (Lipinski definition) is 3. The van der Waals surface area contributed by atoms with Gasteiger partial charge >= 0.3 is 0 Å². The van der Waals surface area contributed by atoms with E-state index in [0.717, 1.165) is 28.1 Å². The van der Waals surface area contributed by atoms with E-state index in [4.69, 9.17) is 9.16 Å². The number of nitrogens with one attached hydrogen (secondary N) is 1. The molecule has 0 radical (unpaired) electrons. The minimum atomic E-state index is -1.79. The number of anilines is 1. The van der Waals surface area contributed by atoms with E-state index < -0.39 is 8.32 Å². The molecule has 0 aromatic heterocycles. The Morgan fingerprint density at radius 3 is 2.12 bits per heavy atom. The van der Waals surface area contributed by atoms with Gasteiger partial charge in [-0.15, -0.1) is 0 Å². The van der Waals surface area contributed by atoms with Crippen molar-refractivity contribution >= 4 is 19.9 Å². The minimum Gasteiger partial charge on any atom is -0.497 e. The van der Waals surface area contributed by atoms with Crippen molar-refractivity contribution in [1.29, 1.82) is 0 Å². The number of ether oxygens (including phenoxy) is 1. The highest BCUT2D eigenvalue weighted by molar-refractivity contribution is 6.74. The van der Waals surface area contributed by atoms with Crippen LogP contribution in [0.1, 0.15) is 36.7 Å². The normalized spacial score (nSPS) is 11.8. The first-order valence-electron chi connectivity index (χ1n) is 10.9. The Balaban J connectivity index is 1.75. The number of methoxy groups -OCH3 is 1. The molecule has 3 aromatic rings. The van der Waals surface area contributed by atoms with Crippen LogP contribution in [0.5, 0.6) is 5.75 Å². The van der Waals surface area contributed by atoms with E-state index in [0.29, 0.717) is 12.2 Å². The van der Waals surface area contributed by atoms with Gasteiger partial charge in [0.15, 0.2) is 8.32 Å². The number of carbonyl (C=O) groups is 1. The molecule has 0 fully saturated rings. The largest absolute Gasteiger partial charge is 0.497 e. The van der Waals surface area contributed by atoms with E-state index in [1.807, 2.05) is 48.5 Å². The zero-order chi connectivity index (χ0) is 23.4. The van der Waals surface area contributed by atoms with Gasteiger partial charge < -0.3 is 14.5 Å². The fourth-order valence-corrected chi connectivity index (χ4v) is 4.03. The summed E-state index contributed by atoms with van der Waals surface area (Å²) in [6.45, 7) is 11.9. The van der Waals surface area contributed by atoms with Gasteiger partial charge in [0, 0.05) is 11.3 Å². The SMILES string of the molecule is COc1ccc(NC(=O)c2ccccc2-c2ccc(CO[Si](C)(C)C(C)(C)C)cc2)cc1. The quantitative estimate of drug-likeness (QED) is 0.392. The van der Waals surface area contributed by atoms with Gasteiger partial charge in [-0.25, -0.2) is 0 Å². The monoisotopic (exact) mass is 447 g/mol. The molecular formula is C27H33NO3Si. The smallest absolute Gasteiger partial charge is 0.256 e. The molecule has 4 nitrogen and oxygen atoms in total. The van der Waals surface area contributed by atoms with Crippen molar-refractivity contribution in [2.45, 2.75) is 45.5 Å². The molecule has 168 valence electrons. The lowest BCUT2D eigenvalue weighted by Crippen LogP contribution is -2.40. The summed E-state index contributed by atoms with van der Waals surface area (Å²) >= 11 is 0. The molecule has 0 unspecified atom stereocenters. The van der Waals surface area contributed by atoms with Gasteiger partial charge in [-0.3, -0.25) is 4.79 Å². The van der Waals surface area contributed by atoms with E-state index >= 15 is 0 Å². The molecule has 0 aliphatic rings. The van der Waals surface area contributed by atoms with Crippen LogP contribution in [0, 0.1) is 0 Å². The number of hydrogen-bond donors (Lipinski definition) is 1. The summed E-state index contributed by atoms with van der Waals surface area (Å²) in [5.74, 6) is 0.608. The molecule has 0 aliphatic heterocycles. The third-order valence-electron chi connectivity index (χ3n) is 6.19. The van der Waals surface area contributed by atoms with Crippen LogP contribution in [0.25, 0.3) is 11.1 Å². The lowest BCUT2D eigenvalue weighted by atomic mass is 9.98. The average Bonchev–Trinajstić information content (AvgIpc) is 2.78. The molecule has 0 bridgehead atoms. The Morgan fingerprint density at radius 2 is 1.53 bits per heavy atom. The van der Waals surface area contributed by atoms with Gasteiger partial charge in [0.05, 0.1) is 13.7 Å². The highest BCUT2D eigenvalue weighted by Gasteiger charge is 2.37. The standard InChI is InChI=1S/C27H33NO3Si/c1-27(2,3)32(5,6)31-19-20-11-13-21(14-12-20)24-9-7-8-10-25(24)26(29)28-22-15-17-23(30-4)18-16-22/h7-18H,19H2,1-6H3,(H,28,29). The van der Waals surface area contributed by atoms with Crippen LogP contribution < -0.4 is 10.1 Å². The van der Waals surface area contributed by atoms with E-state index in [1.165, 1.54) is 0 Å². The molecule has 5 heteroatoms. The number of benzene rings is 3. The molecule has 0 atom stereocenters. The molecule has 1 amide bonds. The van der Waals surface area contributed by atoms with Crippen LogP contribution in [0.4, 0.5) is 5.69 Å². The van der Waals surface area contributed by atoms with Crippen molar-refractivity contribution in [3.63, 3.8) is 0 Å². The lowest BCUT2D eigenvalue weighted by Gasteiger charge is -2.36. The first kappa shape index (κ1) is 23.8. The molecule has 0 aliphatic carbocycles. The maximum Gasteiger partial charge on any atom is 0.256 e. The Hall–Kier alpha value is -2.89. The molecule has 3 aromatic carbocycles. The van der Waals surface area contributed by atoms with E-state index in [9.17, 15) is 4.79 Å². The summed E-state index contributed by atoms with van der Waals surface area (Å²) in [4.78, 5) is 13.0. The van der Waals surface area contributed by atoms with Crippen LogP contribution >= 0.6 is 0 Å². The van der Waals surface area contributed by atoms with Gasteiger partial charge in [0.1, 0.15) is 5.75 Å². The third kappa shape index (κ3) is 5.67. The predicted octanol–water partition coefficient (Wildman–Crippen LogP) is 7.14. The first-order valence-corrected chi connectivity index (χ1v) is 13.8. The van der Waals surface area contributed by atoms with Crippen molar-refractivity contribution in [1.82, 2.24) is 0 Å². The Bertz CT molecular complexity index is 1050. The zero-order valence-corrected chi connectivity index (χ0v) is 20.9. The van der Waals surface area contributed by atoms with Gasteiger partial charge in [-0.1, -0.05) is 63.2 Å². The van der Waals surface area contributed by atoms with Crippen molar-refractivity contribution < 1.29 is 14.0 Å². The Labute approximate surface area is 192 Å². The molecule has 0 heterocycles. The summed E-state index contributed by atoms with van der Waals surface area (Å²) in [5, 5.41) is 3.16. The fourth-order valence-electron chi connectivity index (χ4n) is 3.07. The van der Waals surface area contributed by atoms with Gasteiger partial charge in [0.2, 0.25) is 0 Å². The lowest BCUT2D eigenvalue weighted by molar-refractivity contribution is 0.102. The summed E-state index contributed by atoms with van der Waals surface area (Å²) in [6, 6.07) is 23.3. The van der Waals surface area contributed by atoms with Gasteiger partial charge in [-0.2, -0.15) is 0 Å². The fraction of sp³-hybridized carbons (Fsp3) is 0.296. The van der Waals surface area contributed by atoms with Crippen LogP contribution in [-0.4, -0.2) is 21.3 Å². The second kappa shape index (κ2) is 9.71. The number of rotatable bonds is 7. The number of amides is 1. The summed E-state index contributed by atoms with van der Waals surface area (Å²) in [7, 11) is -0.174. The summed E-state index contributed by atoms with van der Waals surface area (Å²) < 4.78 is 11.5. The number of carbonyl (C=O) groups excluding carboxylic acids is 1. The molecule has 0 saturated carbocycles. The second-order valence-electron chi connectivity index (χ2n) is 9.47. The zero-order valence-electron chi connectivity index (χ0n) is 19.9. The molecular weight excluding hydrogens is 414 g/mol. The van der Waals surface area contributed by atoms with Crippen LogP contribution in [-0.2, 0) is 11.0 Å². The maximum atomic E-state index is 13.0. The van der Waals surface area contributed by atoms with E-state index in [1.54, 1.807) is 7.11 Å². The van der Waals surface area contributed by atoms with Crippen LogP contribution in [0.15, 0.2) is 72.8 Å². The molecule has 1 N–H and O–H groups in total. The van der Waals surface area contributed by atoms with Crippen LogP contribution in [0.3, 0.4) is 0 Å². The van der Waals surface area contributed by atoms with Gasteiger partial charge in [0.25, 0.3) is 5.91 Å². The van der Waals surface area contributed by atoms with E-state index in [-0.39, 0.29) is 10.9 Å². The molecule has 32 heavy (non-hydrogen) atoms. The Morgan fingerprint density at radius 1 is 0.906 bits per heavy atom. The highest BCUT2D eigenvalue weighted by atomic mass is 28.4. The van der Waals surface area contributed by atoms with Crippen molar-refractivity contribution in [3.8, 4) is 16.9 Å². The molecule has 0 saturated heterocycles. The minimum absolute atomic E-state index is 0.142. The molecule has 0 spiro atoms. The maximum absolute atomic E-state index is 13.0.